The Morgan fingerprint density at radius 2 is 1.88 bits per heavy atom. The van der Waals surface area contributed by atoms with Crippen molar-refractivity contribution in [1.82, 2.24) is 9.88 Å². The lowest BCUT2D eigenvalue weighted by Gasteiger charge is -2.24. The monoisotopic (exact) mass is 370 g/mol. The first kappa shape index (κ1) is 18.2. The molecule has 2 N–H and O–H groups in total. The van der Waals surface area contributed by atoms with Gasteiger partial charge in [-0.2, -0.15) is 0 Å². The van der Waals surface area contributed by atoms with Crippen LogP contribution in [-0.2, 0) is 16.0 Å². The molecule has 2 aromatic heterocycles. The molecule has 6 heteroatoms. The first-order chi connectivity index (χ1) is 12.3. The molecule has 136 valence electrons. The predicted octanol–water partition coefficient (Wildman–Crippen LogP) is 3.98. The molecule has 0 saturated heterocycles. The molecular formula is C20H22N2O3S. The third kappa shape index (κ3) is 3.12. The van der Waals surface area contributed by atoms with Gasteiger partial charge in [-0.05, 0) is 48.9 Å². The van der Waals surface area contributed by atoms with E-state index in [2.05, 4.69) is 11.1 Å². The lowest BCUT2D eigenvalue weighted by atomic mass is 10.0. The number of nitrogens with zero attached hydrogens (tertiary/aromatic N) is 1. The van der Waals surface area contributed by atoms with E-state index in [1.165, 1.54) is 16.2 Å². The van der Waals surface area contributed by atoms with Crippen LogP contribution in [0.25, 0.3) is 10.9 Å². The number of nitrogens with one attached hydrogen (secondary N) is 1. The quantitative estimate of drug-likeness (QED) is 0.713. The summed E-state index contributed by atoms with van der Waals surface area (Å²) in [4.78, 5) is 30.0. The Kier molecular flexibility index (Phi) is 4.87. The van der Waals surface area contributed by atoms with E-state index >= 15 is 0 Å². The van der Waals surface area contributed by atoms with Crippen molar-refractivity contribution >= 4 is 34.1 Å². The van der Waals surface area contributed by atoms with Crippen LogP contribution in [-0.4, -0.2) is 33.9 Å². The molecule has 3 rings (SSSR count). The number of carboxylic acids is 1. The first-order valence-electron chi connectivity index (χ1n) is 8.40. The van der Waals surface area contributed by atoms with Crippen LogP contribution >= 0.6 is 11.3 Å². The number of carbonyl (C=O) groups is 2. The highest BCUT2D eigenvalue weighted by Crippen LogP contribution is 2.30. The van der Waals surface area contributed by atoms with Crippen LogP contribution in [0.1, 0.15) is 33.3 Å². The molecule has 0 radical (unpaired) electrons. The molecule has 2 heterocycles. The average Bonchev–Trinajstić information content (AvgIpc) is 3.20. The van der Waals surface area contributed by atoms with Crippen LogP contribution in [0.4, 0.5) is 0 Å². The highest BCUT2D eigenvalue weighted by molar-refractivity contribution is 7.10. The summed E-state index contributed by atoms with van der Waals surface area (Å²) in [6.07, 6.45) is 0.168. The number of likely N-dealkylation sites (N-methyl/N-ethyl adjacent to an activating group) is 1. The Morgan fingerprint density at radius 1 is 1.19 bits per heavy atom. The number of hydrogen-bond acceptors (Lipinski definition) is 3. The summed E-state index contributed by atoms with van der Waals surface area (Å²) in [5.74, 6) is -1.23. The maximum absolute atomic E-state index is 12.9. The highest BCUT2D eigenvalue weighted by Gasteiger charge is 2.30. The SMILES string of the molecule is Cc1[nH]c2c(C)ccc(C)c2c1CC(=O)N(C)C(C(=O)O)c1cccs1. The van der Waals surface area contributed by atoms with E-state index in [0.29, 0.717) is 4.88 Å². The molecule has 26 heavy (non-hydrogen) atoms. The largest absolute Gasteiger partial charge is 0.479 e. The van der Waals surface area contributed by atoms with Gasteiger partial charge in [-0.3, -0.25) is 4.79 Å². The summed E-state index contributed by atoms with van der Waals surface area (Å²) in [6, 6.07) is 6.69. The number of aromatic nitrogens is 1. The summed E-state index contributed by atoms with van der Waals surface area (Å²) >= 11 is 1.34. The second kappa shape index (κ2) is 6.96. The van der Waals surface area contributed by atoms with Crippen LogP contribution in [0.15, 0.2) is 29.6 Å². The van der Waals surface area contributed by atoms with Gasteiger partial charge in [0.25, 0.3) is 0 Å². The molecule has 0 fully saturated rings. The number of aliphatic carboxylic acids is 1. The zero-order valence-electron chi connectivity index (χ0n) is 15.3. The van der Waals surface area contributed by atoms with Gasteiger partial charge < -0.3 is 15.0 Å². The Labute approximate surface area is 156 Å². The molecule has 3 aromatic rings. The number of aryl methyl sites for hydroxylation is 3. The van der Waals surface area contributed by atoms with E-state index in [9.17, 15) is 14.7 Å². The summed E-state index contributed by atoms with van der Waals surface area (Å²) in [7, 11) is 1.56. The third-order valence-corrected chi connectivity index (χ3v) is 5.77. The van der Waals surface area contributed by atoms with Gasteiger partial charge in [0.2, 0.25) is 5.91 Å². The molecule has 1 atom stereocenters. The predicted molar refractivity (Wildman–Crippen MR) is 104 cm³/mol. The fraction of sp³-hybridized carbons (Fsp3) is 0.300. The van der Waals surface area contributed by atoms with Crippen LogP contribution in [0.5, 0.6) is 0 Å². The van der Waals surface area contributed by atoms with Gasteiger partial charge in [0, 0.05) is 28.5 Å². The van der Waals surface area contributed by atoms with E-state index in [-0.39, 0.29) is 12.3 Å². The summed E-state index contributed by atoms with van der Waals surface area (Å²) in [6.45, 7) is 6.01. The minimum atomic E-state index is -1.02. The van der Waals surface area contributed by atoms with Crippen molar-refractivity contribution in [3.8, 4) is 0 Å². The van der Waals surface area contributed by atoms with Crippen LogP contribution in [0.3, 0.4) is 0 Å². The van der Waals surface area contributed by atoms with Gasteiger partial charge in [0.1, 0.15) is 0 Å². The van der Waals surface area contributed by atoms with Gasteiger partial charge >= 0.3 is 5.97 Å². The number of amides is 1. The molecule has 1 aromatic carbocycles. The number of aromatic amines is 1. The van der Waals surface area contributed by atoms with Crippen molar-refractivity contribution in [3.05, 3.63) is 56.9 Å². The lowest BCUT2D eigenvalue weighted by Crippen LogP contribution is -2.36. The number of hydrogen-bond donors (Lipinski definition) is 2. The van der Waals surface area contributed by atoms with Crippen molar-refractivity contribution in [2.24, 2.45) is 0 Å². The molecule has 0 aliphatic carbocycles. The maximum Gasteiger partial charge on any atom is 0.331 e. The molecule has 0 aliphatic heterocycles. The Balaban J connectivity index is 1.95. The Bertz CT molecular complexity index is 973. The average molecular weight is 370 g/mol. The number of benzene rings is 1. The summed E-state index contributed by atoms with van der Waals surface area (Å²) in [5, 5.41) is 12.5. The van der Waals surface area contributed by atoms with Crippen molar-refractivity contribution in [1.29, 1.82) is 0 Å². The maximum atomic E-state index is 12.9. The lowest BCUT2D eigenvalue weighted by molar-refractivity contribution is -0.149. The van der Waals surface area contributed by atoms with Gasteiger partial charge in [-0.1, -0.05) is 18.2 Å². The Hall–Kier alpha value is -2.60. The summed E-state index contributed by atoms with van der Waals surface area (Å²) < 4.78 is 0. The summed E-state index contributed by atoms with van der Waals surface area (Å²) in [5.41, 5.74) is 5.16. The minimum Gasteiger partial charge on any atom is -0.479 e. The molecule has 0 spiro atoms. The number of thiophene rings is 1. The number of carbonyl (C=O) groups excluding carboxylic acids is 1. The molecule has 5 nitrogen and oxygen atoms in total. The van der Waals surface area contributed by atoms with Crippen molar-refractivity contribution in [2.45, 2.75) is 33.2 Å². The molecule has 0 saturated carbocycles. The number of fused-ring (bicyclic) bond motifs is 1. The van der Waals surface area contributed by atoms with Gasteiger partial charge in [-0.25, -0.2) is 4.79 Å². The normalized spacial score (nSPS) is 12.3. The van der Waals surface area contributed by atoms with Gasteiger partial charge in [0.15, 0.2) is 6.04 Å². The van der Waals surface area contributed by atoms with E-state index in [4.69, 9.17) is 0 Å². The van der Waals surface area contributed by atoms with Crippen molar-refractivity contribution in [2.75, 3.05) is 7.05 Å². The molecule has 1 unspecified atom stereocenters. The van der Waals surface area contributed by atoms with Crippen molar-refractivity contribution < 1.29 is 14.7 Å². The van der Waals surface area contributed by atoms with E-state index in [0.717, 1.165) is 33.3 Å². The second-order valence-electron chi connectivity index (χ2n) is 6.62. The number of rotatable bonds is 5. The van der Waals surface area contributed by atoms with E-state index in [1.54, 1.807) is 19.2 Å². The number of carboxylic acid groups (broad SMARTS) is 1. The molecule has 0 aliphatic rings. The highest BCUT2D eigenvalue weighted by atomic mass is 32.1. The van der Waals surface area contributed by atoms with Crippen LogP contribution in [0, 0.1) is 20.8 Å². The zero-order valence-corrected chi connectivity index (χ0v) is 16.1. The van der Waals surface area contributed by atoms with Crippen LogP contribution in [0.2, 0.25) is 0 Å². The van der Waals surface area contributed by atoms with Gasteiger partial charge in [0.05, 0.1) is 6.42 Å². The number of H-pyrrole nitrogens is 1. The fourth-order valence-electron chi connectivity index (χ4n) is 3.38. The van der Waals surface area contributed by atoms with E-state index in [1.807, 2.05) is 32.2 Å². The van der Waals surface area contributed by atoms with Crippen molar-refractivity contribution in [3.63, 3.8) is 0 Å². The Morgan fingerprint density at radius 3 is 2.50 bits per heavy atom. The molecule has 1 amide bonds. The smallest absolute Gasteiger partial charge is 0.331 e. The van der Waals surface area contributed by atoms with E-state index < -0.39 is 12.0 Å². The van der Waals surface area contributed by atoms with Crippen LogP contribution < -0.4 is 0 Å². The molecule has 0 bridgehead atoms. The standard InChI is InChI=1S/C20H22N2O3S/c1-11-7-8-12(2)18-17(11)14(13(3)21-18)10-16(23)22(4)19(20(24)25)15-6-5-9-26-15/h5-9,19,21H,10H2,1-4H3,(H,24,25). The zero-order chi connectivity index (χ0) is 19.0. The third-order valence-electron chi connectivity index (χ3n) is 4.84. The van der Waals surface area contributed by atoms with Gasteiger partial charge in [-0.15, -0.1) is 11.3 Å². The fourth-order valence-corrected chi connectivity index (χ4v) is 4.24. The second-order valence-corrected chi connectivity index (χ2v) is 7.59. The first-order valence-corrected chi connectivity index (χ1v) is 9.28. The molecular weight excluding hydrogens is 348 g/mol. The topological polar surface area (TPSA) is 73.4 Å². The minimum absolute atomic E-state index is 0.168.